The second-order valence-electron chi connectivity index (χ2n) is 7.58. The summed E-state index contributed by atoms with van der Waals surface area (Å²) in [6.45, 7) is 5.45. The van der Waals surface area contributed by atoms with Crippen LogP contribution in [0.2, 0.25) is 0 Å². The lowest BCUT2D eigenvalue weighted by Gasteiger charge is -2.31. The number of anilines is 1. The average molecular weight is 423 g/mol. The molecule has 0 saturated carbocycles. The lowest BCUT2D eigenvalue weighted by Crippen LogP contribution is -2.37. The van der Waals surface area contributed by atoms with Gasteiger partial charge in [0, 0.05) is 44.2 Å². The highest BCUT2D eigenvalue weighted by Crippen LogP contribution is 2.31. The van der Waals surface area contributed by atoms with Gasteiger partial charge in [-0.15, -0.1) is 0 Å². The second-order valence-corrected chi connectivity index (χ2v) is 9.52. The van der Waals surface area contributed by atoms with Crippen LogP contribution in [0.15, 0.2) is 59.5 Å². The third-order valence-corrected chi connectivity index (χ3v) is 7.39. The van der Waals surface area contributed by atoms with Crippen molar-refractivity contribution in [2.24, 2.45) is 0 Å². The fourth-order valence-electron chi connectivity index (χ4n) is 3.62. The summed E-state index contributed by atoms with van der Waals surface area (Å²) >= 11 is 0. The third kappa shape index (κ3) is 3.82. The monoisotopic (exact) mass is 422 g/mol. The quantitative estimate of drug-likeness (QED) is 0.628. The molecule has 0 atom stereocenters. The molecule has 6 nitrogen and oxygen atoms in total. The minimum Gasteiger partial charge on any atom is -0.360 e. The standard InChI is InChI=1S/C23H26N4O2S/c1-4-26(3)23-20-16-27(30(28,29)19-12-10-17(2)11-13-19)15-14-21(20)24-22(25-23)18-8-6-5-7-9-18/h5-13H,4,14-16H2,1-3H3. The van der Waals surface area contributed by atoms with Crippen molar-refractivity contribution in [1.29, 1.82) is 0 Å². The third-order valence-electron chi connectivity index (χ3n) is 5.53. The SMILES string of the molecule is CCN(C)c1nc(-c2ccccc2)nc2c1CN(S(=O)(=O)c1ccc(C)cc1)CC2. The Morgan fingerprint density at radius 3 is 2.40 bits per heavy atom. The minimum absolute atomic E-state index is 0.278. The number of rotatable bonds is 5. The van der Waals surface area contributed by atoms with Gasteiger partial charge in [0.15, 0.2) is 5.82 Å². The van der Waals surface area contributed by atoms with E-state index in [4.69, 9.17) is 9.97 Å². The number of benzene rings is 2. The van der Waals surface area contributed by atoms with E-state index in [2.05, 4.69) is 11.8 Å². The molecule has 4 rings (SSSR count). The largest absolute Gasteiger partial charge is 0.360 e. The molecule has 0 spiro atoms. The van der Waals surface area contributed by atoms with Gasteiger partial charge in [0.25, 0.3) is 0 Å². The minimum atomic E-state index is -3.57. The molecule has 0 amide bonds. The maximum absolute atomic E-state index is 13.2. The topological polar surface area (TPSA) is 66.4 Å². The van der Waals surface area contributed by atoms with Crippen molar-refractivity contribution in [2.45, 2.75) is 31.7 Å². The Balaban J connectivity index is 1.74. The molecular formula is C23H26N4O2S. The van der Waals surface area contributed by atoms with Crippen molar-refractivity contribution in [3.63, 3.8) is 0 Å². The van der Waals surface area contributed by atoms with E-state index in [9.17, 15) is 8.42 Å². The van der Waals surface area contributed by atoms with Crippen LogP contribution in [0, 0.1) is 6.92 Å². The maximum atomic E-state index is 13.2. The maximum Gasteiger partial charge on any atom is 0.243 e. The Morgan fingerprint density at radius 2 is 1.73 bits per heavy atom. The molecule has 0 saturated heterocycles. The molecule has 0 unspecified atom stereocenters. The smallest absolute Gasteiger partial charge is 0.243 e. The van der Waals surface area contributed by atoms with Gasteiger partial charge < -0.3 is 4.90 Å². The van der Waals surface area contributed by atoms with E-state index in [1.54, 1.807) is 16.4 Å². The van der Waals surface area contributed by atoms with Crippen molar-refractivity contribution in [2.75, 3.05) is 25.0 Å². The van der Waals surface area contributed by atoms with Crippen LogP contribution >= 0.6 is 0 Å². The zero-order valence-corrected chi connectivity index (χ0v) is 18.4. The predicted molar refractivity (Wildman–Crippen MR) is 119 cm³/mol. The molecule has 2 aromatic carbocycles. The first-order valence-electron chi connectivity index (χ1n) is 10.1. The Morgan fingerprint density at radius 1 is 1.03 bits per heavy atom. The molecule has 156 valence electrons. The number of hydrogen-bond acceptors (Lipinski definition) is 5. The number of fused-ring (bicyclic) bond motifs is 1. The van der Waals surface area contributed by atoms with E-state index in [1.165, 1.54) is 0 Å². The first kappa shape index (κ1) is 20.5. The summed E-state index contributed by atoms with van der Waals surface area (Å²) in [6.07, 6.45) is 0.563. The molecule has 7 heteroatoms. The summed E-state index contributed by atoms with van der Waals surface area (Å²) in [6, 6.07) is 16.9. The fraction of sp³-hybridized carbons (Fsp3) is 0.304. The molecule has 0 radical (unpaired) electrons. The van der Waals surface area contributed by atoms with E-state index in [-0.39, 0.29) is 6.54 Å². The normalized spacial score (nSPS) is 14.4. The fourth-order valence-corrected chi connectivity index (χ4v) is 5.03. The van der Waals surface area contributed by atoms with Crippen LogP contribution in [0.4, 0.5) is 5.82 Å². The van der Waals surface area contributed by atoms with Crippen LogP contribution in [-0.4, -0.2) is 42.8 Å². The van der Waals surface area contributed by atoms with Crippen LogP contribution in [0.1, 0.15) is 23.7 Å². The number of nitrogens with zero attached hydrogens (tertiary/aromatic N) is 4. The van der Waals surface area contributed by atoms with E-state index in [0.717, 1.165) is 34.7 Å². The zero-order valence-electron chi connectivity index (χ0n) is 17.5. The van der Waals surface area contributed by atoms with Crippen LogP contribution in [0.3, 0.4) is 0 Å². The molecule has 1 aromatic heterocycles. The molecule has 0 fully saturated rings. The molecule has 0 N–H and O–H groups in total. The van der Waals surface area contributed by atoms with Crippen LogP contribution in [0.25, 0.3) is 11.4 Å². The van der Waals surface area contributed by atoms with Gasteiger partial charge in [0.05, 0.1) is 10.6 Å². The number of aromatic nitrogens is 2. The Labute approximate surface area is 178 Å². The van der Waals surface area contributed by atoms with Gasteiger partial charge >= 0.3 is 0 Å². The van der Waals surface area contributed by atoms with Crippen LogP contribution < -0.4 is 4.90 Å². The van der Waals surface area contributed by atoms with Crippen molar-refractivity contribution in [1.82, 2.24) is 14.3 Å². The van der Waals surface area contributed by atoms with Gasteiger partial charge in [-0.25, -0.2) is 18.4 Å². The predicted octanol–water partition coefficient (Wildman–Crippen LogP) is 3.66. The number of aryl methyl sites for hydroxylation is 1. The average Bonchev–Trinajstić information content (AvgIpc) is 2.78. The van der Waals surface area contributed by atoms with E-state index < -0.39 is 10.0 Å². The van der Waals surface area contributed by atoms with Gasteiger partial charge in [0.2, 0.25) is 10.0 Å². The zero-order chi connectivity index (χ0) is 21.3. The lowest BCUT2D eigenvalue weighted by molar-refractivity contribution is 0.387. The summed E-state index contributed by atoms with van der Waals surface area (Å²) in [5, 5.41) is 0. The second kappa shape index (κ2) is 8.16. The highest BCUT2D eigenvalue weighted by atomic mass is 32.2. The Kier molecular flexibility index (Phi) is 5.58. The first-order chi connectivity index (χ1) is 14.4. The van der Waals surface area contributed by atoms with Gasteiger partial charge in [0.1, 0.15) is 5.82 Å². The van der Waals surface area contributed by atoms with E-state index in [1.807, 2.05) is 56.4 Å². The van der Waals surface area contributed by atoms with E-state index >= 15 is 0 Å². The molecule has 30 heavy (non-hydrogen) atoms. The lowest BCUT2D eigenvalue weighted by atomic mass is 10.1. The summed E-state index contributed by atoms with van der Waals surface area (Å²) in [4.78, 5) is 12.0. The van der Waals surface area contributed by atoms with Gasteiger partial charge in [-0.05, 0) is 26.0 Å². The van der Waals surface area contributed by atoms with E-state index in [0.29, 0.717) is 23.7 Å². The number of hydrogen-bond donors (Lipinski definition) is 0. The summed E-state index contributed by atoms with van der Waals surface area (Å²) in [5.74, 6) is 1.48. The van der Waals surface area contributed by atoms with Gasteiger partial charge in [-0.2, -0.15) is 4.31 Å². The molecule has 1 aliphatic heterocycles. The molecule has 0 aliphatic carbocycles. The van der Waals surface area contributed by atoms with Gasteiger partial charge in [-0.1, -0.05) is 48.0 Å². The highest BCUT2D eigenvalue weighted by Gasteiger charge is 2.31. The summed E-state index contributed by atoms with van der Waals surface area (Å²) in [7, 11) is -1.60. The number of sulfonamides is 1. The Hall–Kier alpha value is -2.77. The van der Waals surface area contributed by atoms with Crippen molar-refractivity contribution < 1.29 is 8.42 Å². The van der Waals surface area contributed by atoms with Crippen LogP contribution in [-0.2, 0) is 23.0 Å². The van der Waals surface area contributed by atoms with Crippen LogP contribution in [0.5, 0.6) is 0 Å². The highest BCUT2D eigenvalue weighted by molar-refractivity contribution is 7.89. The van der Waals surface area contributed by atoms with Gasteiger partial charge in [-0.3, -0.25) is 0 Å². The molecule has 0 bridgehead atoms. The first-order valence-corrected chi connectivity index (χ1v) is 11.6. The summed E-state index contributed by atoms with van der Waals surface area (Å²) in [5.41, 5.74) is 3.81. The van der Waals surface area contributed by atoms with Crippen molar-refractivity contribution >= 4 is 15.8 Å². The summed E-state index contributed by atoms with van der Waals surface area (Å²) < 4.78 is 28.0. The van der Waals surface area contributed by atoms with Crippen molar-refractivity contribution in [3.8, 4) is 11.4 Å². The Bertz CT molecular complexity index is 1150. The molecule has 2 heterocycles. The molecular weight excluding hydrogens is 396 g/mol. The molecule has 3 aromatic rings. The van der Waals surface area contributed by atoms with Crippen molar-refractivity contribution in [3.05, 3.63) is 71.4 Å². The molecule has 1 aliphatic rings.